The van der Waals surface area contributed by atoms with Gasteiger partial charge in [0.1, 0.15) is 0 Å². The number of rotatable bonds is 3. The molecule has 0 bridgehead atoms. The van der Waals surface area contributed by atoms with Crippen LogP contribution in [0.3, 0.4) is 0 Å². The van der Waals surface area contributed by atoms with Gasteiger partial charge in [-0.1, -0.05) is 28.1 Å². The molecule has 2 heterocycles. The van der Waals surface area contributed by atoms with Crippen LogP contribution in [0.25, 0.3) is 10.8 Å². The summed E-state index contributed by atoms with van der Waals surface area (Å²) < 4.78 is 27.2. The van der Waals surface area contributed by atoms with Gasteiger partial charge >= 0.3 is 0 Å². The summed E-state index contributed by atoms with van der Waals surface area (Å²) in [5.41, 5.74) is 0. The lowest BCUT2D eigenvalue weighted by Crippen LogP contribution is -2.29. The van der Waals surface area contributed by atoms with Gasteiger partial charge in [0.25, 0.3) is 0 Å². The van der Waals surface area contributed by atoms with E-state index in [2.05, 4.69) is 20.9 Å². The standard InChI is InChI=1S/C14H15BrN2O2S/c15-8-11-5-7-17(10-11)20(18,19)14-3-1-2-12-9-16-6-4-13(12)14/h1-4,6,9,11H,5,7-8,10H2. The van der Waals surface area contributed by atoms with E-state index < -0.39 is 10.0 Å². The van der Waals surface area contributed by atoms with E-state index in [0.29, 0.717) is 23.9 Å². The summed E-state index contributed by atoms with van der Waals surface area (Å²) in [5.74, 6) is 0.404. The summed E-state index contributed by atoms with van der Waals surface area (Å²) in [6.07, 6.45) is 4.24. The number of hydrogen-bond acceptors (Lipinski definition) is 3. The molecule has 1 aliphatic rings. The Kier molecular flexibility index (Phi) is 3.79. The molecule has 4 nitrogen and oxygen atoms in total. The molecule has 1 aromatic carbocycles. The lowest BCUT2D eigenvalue weighted by molar-refractivity contribution is 0.466. The van der Waals surface area contributed by atoms with E-state index in [9.17, 15) is 8.42 Å². The molecule has 0 spiro atoms. The van der Waals surface area contributed by atoms with Crippen LogP contribution in [0.1, 0.15) is 6.42 Å². The maximum atomic E-state index is 12.8. The van der Waals surface area contributed by atoms with Crippen LogP contribution in [0.15, 0.2) is 41.6 Å². The van der Waals surface area contributed by atoms with E-state index in [-0.39, 0.29) is 0 Å². The fraction of sp³-hybridized carbons (Fsp3) is 0.357. The molecule has 0 aliphatic carbocycles. The second-order valence-corrected chi connectivity index (χ2v) is 7.58. The van der Waals surface area contributed by atoms with Gasteiger partial charge < -0.3 is 0 Å². The average Bonchev–Trinajstić information content (AvgIpc) is 2.96. The largest absolute Gasteiger partial charge is 0.264 e. The SMILES string of the molecule is O=S(=O)(c1cccc2cnccc12)N1CCC(CBr)C1. The molecular formula is C14H15BrN2O2S. The van der Waals surface area contributed by atoms with E-state index in [1.807, 2.05) is 6.07 Å². The molecule has 1 fully saturated rings. The van der Waals surface area contributed by atoms with E-state index in [1.54, 1.807) is 34.9 Å². The number of fused-ring (bicyclic) bond motifs is 1. The van der Waals surface area contributed by atoms with Crippen molar-refractivity contribution in [3.8, 4) is 0 Å². The highest BCUT2D eigenvalue weighted by Crippen LogP contribution is 2.29. The summed E-state index contributed by atoms with van der Waals surface area (Å²) in [4.78, 5) is 4.43. The lowest BCUT2D eigenvalue weighted by Gasteiger charge is -2.17. The van der Waals surface area contributed by atoms with Crippen molar-refractivity contribution in [2.75, 3.05) is 18.4 Å². The number of nitrogens with zero attached hydrogens (tertiary/aromatic N) is 2. The van der Waals surface area contributed by atoms with Gasteiger partial charge in [0, 0.05) is 41.6 Å². The van der Waals surface area contributed by atoms with Crippen LogP contribution in [0.2, 0.25) is 0 Å². The molecule has 1 aromatic heterocycles. The van der Waals surface area contributed by atoms with Crippen LogP contribution in [0.5, 0.6) is 0 Å². The molecule has 1 atom stereocenters. The minimum atomic E-state index is -3.42. The molecule has 0 amide bonds. The molecule has 1 aliphatic heterocycles. The van der Waals surface area contributed by atoms with Gasteiger partial charge in [-0.3, -0.25) is 4.98 Å². The van der Waals surface area contributed by atoms with E-state index in [1.165, 1.54) is 0 Å². The normalized spacial score (nSPS) is 20.6. The zero-order valence-electron chi connectivity index (χ0n) is 10.9. The molecule has 0 saturated carbocycles. The summed E-state index contributed by atoms with van der Waals surface area (Å²) in [5, 5.41) is 2.44. The predicted molar refractivity (Wildman–Crippen MR) is 82.4 cm³/mol. The van der Waals surface area contributed by atoms with Crippen LogP contribution in [0.4, 0.5) is 0 Å². The Hall–Kier alpha value is -0.980. The van der Waals surface area contributed by atoms with E-state index >= 15 is 0 Å². The Labute approximate surface area is 127 Å². The van der Waals surface area contributed by atoms with Gasteiger partial charge in [-0.05, 0) is 24.5 Å². The maximum absolute atomic E-state index is 12.8. The fourth-order valence-corrected chi connectivity index (χ4v) is 4.87. The minimum Gasteiger partial charge on any atom is -0.264 e. The van der Waals surface area contributed by atoms with Gasteiger partial charge in [0.05, 0.1) is 4.90 Å². The van der Waals surface area contributed by atoms with Crippen LogP contribution < -0.4 is 0 Å². The second kappa shape index (κ2) is 5.42. The van der Waals surface area contributed by atoms with Crippen LogP contribution in [-0.2, 0) is 10.0 Å². The number of pyridine rings is 1. The zero-order valence-corrected chi connectivity index (χ0v) is 13.3. The first-order valence-electron chi connectivity index (χ1n) is 6.52. The molecule has 2 aromatic rings. The van der Waals surface area contributed by atoms with Crippen molar-refractivity contribution in [1.82, 2.24) is 9.29 Å². The van der Waals surface area contributed by atoms with Crippen molar-refractivity contribution in [2.45, 2.75) is 11.3 Å². The van der Waals surface area contributed by atoms with Crippen LogP contribution in [-0.4, -0.2) is 36.1 Å². The number of aromatic nitrogens is 1. The van der Waals surface area contributed by atoms with Crippen molar-refractivity contribution in [1.29, 1.82) is 0 Å². The van der Waals surface area contributed by atoms with Gasteiger partial charge in [-0.2, -0.15) is 4.31 Å². The van der Waals surface area contributed by atoms with E-state index in [0.717, 1.165) is 22.5 Å². The Morgan fingerprint density at radius 3 is 2.95 bits per heavy atom. The van der Waals surface area contributed by atoms with Crippen LogP contribution in [0, 0.1) is 5.92 Å². The number of alkyl halides is 1. The van der Waals surface area contributed by atoms with Crippen molar-refractivity contribution >= 4 is 36.7 Å². The Bertz CT molecular complexity index is 728. The highest BCUT2D eigenvalue weighted by atomic mass is 79.9. The molecule has 0 N–H and O–H groups in total. The highest BCUT2D eigenvalue weighted by molar-refractivity contribution is 9.09. The van der Waals surface area contributed by atoms with Gasteiger partial charge in [-0.15, -0.1) is 0 Å². The number of sulfonamides is 1. The smallest absolute Gasteiger partial charge is 0.243 e. The summed E-state index contributed by atoms with van der Waals surface area (Å²) in [6, 6.07) is 7.10. The molecule has 20 heavy (non-hydrogen) atoms. The first kappa shape index (κ1) is 14.0. The summed E-state index contributed by atoms with van der Waals surface area (Å²) >= 11 is 3.44. The lowest BCUT2D eigenvalue weighted by atomic mass is 10.2. The monoisotopic (exact) mass is 354 g/mol. The van der Waals surface area contributed by atoms with Crippen molar-refractivity contribution < 1.29 is 8.42 Å². The first-order valence-corrected chi connectivity index (χ1v) is 9.08. The first-order chi connectivity index (χ1) is 9.63. The molecule has 1 saturated heterocycles. The number of halogens is 1. The molecule has 1 unspecified atom stereocenters. The summed E-state index contributed by atoms with van der Waals surface area (Å²) in [7, 11) is -3.42. The maximum Gasteiger partial charge on any atom is 0.243 e. The fourth-order valence-electron chi connectivity index (χ4n) is 2.60. The van der Waals surface area contributed by atoms with E-state index in [4.69, 9.17) is 0 Å². The van der Waals surface area contributed by atoms with Gasteiger partial charge in [-0.25, -0.2) is 8.42 Å². The predicted octanol–water partition coefficient (Wildman–Crippen LogP) is 2.64. The summed E-state index contributed by atoms with van der Waals surface area (Å²) in [6.45, 7) is 1.19. The van der Waals surface area contributed by atoms with Gasteiger partial charge in [0.15, 0.2) is 0 Å². The van der Waals surface area contributed by atoms with Crippen molar-refractivity contribution in [2.24, 2.45) is 5.92 Å². The second-order valence-electron chi connectivity index (χ2n) is 5.03. The van der Waals surface area contributed by atoms with Gasteiger partial charge in [0.2, 0.25) is 10.0 Å². The topological polar surface area (TPSA) is 50.3 Å². The highest BCUT2D eigenvalue weighted by Gasteiger charge is 2.32. The molecule has 0 radical (unpaired) electrons. The third-order valence-corrected chi connectivity index (χ3v) is 6.56. The number of hydrogen-bond donors (Lipinski definition) is 0. The third kappa shape index (κ3) is 2.36. The van der Waals surface area contributed by atoms with Crippen molar-refractivity contribution in [3.63, 3.8) is 0 Å². The molecule has 6 heteroatoms. The van der Waals surface area contributed by atoms with Crippen molar-refractivity contribution in [3.05, 3.63) is 36.7 Å². The van der Waals surface area contributed by atoms with Crippen LogP contribution >= 0.6 is 15.9 Å². The molecular weight excluding hydrogens is 340 g/mol. The third-order valence-electron chi connectivity index (χ3n) is 3.73. The molecule has 106 valence electrons. The average molecular weight is 355 g/mol. The Morgan fingerprint density at radius 2 is 2.20 bits per heavy atom. The Morgan fingerprint density at radius 1 is 1.35 bits per heavy atom. The number of benzene rings is 1. The quantitative estimate of drug-likeness (QED) is 0.796. The Balaban J connectivity index is 2.06. The molecule has 3 rings (SSSR count). The minimum absolute atomic E-state index is 0.382. The zero-order chi connectivity index (χ0) is 14.2.